The molecule has 0 aliphatic rings. The Balaban J connectivity index is 1.76. The highest BCUT2D eigenvalue weighted by Gasteiger charge is 2.26. The van der Waals surface area contributed by atoms with Crippen LogP contribution in [0.15, 0.2) is 54.2 Å². The van der Waals surface area contributed by atoms with Crippen LogP contribution in [-0.4, -0.2) is 32.3 Å². The summed E-state index contributed by atoms with van der Waals surface area (Å²) in [7, 11) is 0. The average Bonchev–Trinajstić information content (AvgIpc) is 3.21. The number of hydrogen-bond acceptors (Lipinski definition) is 5. The highest BCUT2D eigenvalue weighted by molar-refractivity contribution is 14.1. The van der Waals surface area contributed by atoms with Crippen molar-refractivity contribution >= 4 is 51.9 Å². The van der Waals surface area contributed by atoms with Gasteiger partial charge in [0.1, 0.15) is 0 Å². The summed E-state index contributed by atoms with van der Waals surface area (Å²) in [5.41, 5.74) is 4.58. The van der Waals surface area contributed by atoms with Gasteiger partial charge in [-0.1, -0.05) is 49.4 Å². The summed E-state index contributed by atoms with van der Waals surface area (Å²) in [6, 6.07) is 11.2. The Kier molecular flexibility index (Phi) is 9.72. The number of amides is 2. The number of allylic oxidation sites excluding steroid dienone is 1. The lowest BCUT2D eigenvalue weighted by atomic mass is 10.0. The number of anilines is 1. The number of nitrogens with one attached hydrogen (secondary N) is 2. The first kappa shape index (κ1) is 27.9. The molecule has 0 fully saturated rings. The van der Waals surface area contributed by atoms with E-state index in [0.29, 0.717) is 23.1 Å². The minimum Gasteiger partial charge on any atom is -0.342 e. The zero-order valence-electron chi connectivity index (χ0n) is 21.3. The number of aryl methyl sites for hydroxylation is 3. The summed E-state index contributed by atoms with van der Waals surface area (Å²) < 4.78 is 3.04. The maximum absolute atomic E-state index is 12.9. The van der Waals surface area contributed by atoms with Gasteiger partial charge in [0.2, 0.25) is 5.91 Å². The molecule has 3 rings (SSSR count). The zero-order chi connectivity index (χ0) is 26.4. The molecule has 3 aromatic rings. The van der Waals surface area contributed by atoms with E-state index in [-0.39, 0.29) is 29.5 Å². The second kappa shape index (κ2) is 12.5. The van der Waals surface area contributed by atoms with Crippen molar-refractivity contribution in [2.45, 2.75) is 52.4 Å². The molecule has 190 valence electrons. The first-order valence-electron chi connectivity index (χ1n) is 11.7. The molecule has 0 saturated carbocycles. The summed E-state index contributed by atoms with van der Waals surface area (Å²) in [5, 5.41) is 15.5. The minimum absolute atomic E-state index is 0.0696. The molecule has 2 N–H and O–H groups in total. The molecule has 1 heterocycles. The Hall–Kier alpha value is -2.66. The summed E-state index contributed by atoms with van der Waals surface area (Å²) in [5.74, 6) is 0.606. The summed E-state index contributed by atoms with van der Waals surface area (Å²) in [6.45, 7) is 14.3. The van der Waals surface area contributed by atoms with Gasteiger partial charge in [0.05, 0.1) is 11.8 Å². The van der Waals surface area contributed by atoms with E-state index in [2.05, 4.69) is 50.0 Å². The van der Waals surface area contributed by atoms with E-state index in [0.717, 1.165) is 25.9 Å². The van der Waals surface area contributed by atoms with Crippen molar-refractivity contribution in [1.29, 1.82) is 0 Å². The predicted molar refractivity (Wildman–Crippen MR) is 154 cm³/mol. The molecular weight excluding hydrogens is 585 g/mol. The summed E-state index contributed by atoms with van der Waals surface area (Å²) >= 11 is 3.58. The molecule has 1 aromatic heterocycles. The van der Waals surface area contributed by atoms with E-state index >= 15 is 0 Å². The van der Waals surface area contributed by atoms with Crippen LogP contribution >= 0.6 is 34.4 Å². The number of nitrogens with zero attached hydrogens (tertiary/aromatic N) is 3. The third-order valence-corrected chi connectivity index (χ3v) is 7.29. The first-order valence-corrected chi connectivity index (χ1v) is 13.8. The number of rotatable bonds is 10. The largest absolute Gasteiger partial charge is 0.342 e. The van der Waals surface area contributed by atoms with Crippen LogP contribution in [0.3, 0.4) is 0 Å². The third kappa shape index (κ3) is 6.97. The van der Waals surface area contributed by atoms with Gasteiger partial charge < -0.3 is 15.2 Å². The Bertz CT molecular complexity index is 1230. The highest BCUT2D eigenvalue weighted by Crippen LogP contribution is 2.27. The van der Waals surface area contributed by atoms with Gasteiger partial charge >= 0.3 is 0 Å². The number of carbonyl (C=O) groups is 2. The molecule has 36 heavy (non-hydrogen) atoms. The van der Waals surface area contributed by atoms with Crippen LogP contribution in [0.1, 0.15) is 52.8 Å². The molecule has 9 heteroatoms. The maximum atomic E-state index is 12.9. The van der Waals surface area contributed by atoms with E-state index in [1.807, 2.05) is 75.6 Å². The fraction of sp³-hybridized carbons (Fsp3) is 0.333. The Morgan fingerprint density at radius 2 is 1.75 bits per heavy atom. The Labute approximate surface area is 230 Å². The molecule has 1 atom stereocenters. The van der Waals surface area contributed by atoms with E-state index < -0.39 is 0 Å². The van der Waals surface area contributed by atoms with E-state index in [9.17, 15) is 9.59 Å². The van der Waals surface area contributed by atoms with Crippen LogP contribution in [0, 0.1) is 30.3 Å². The molecule has 0 bridgehead atoms. The molecule has 0 saturated heterocycles. The van der Waals surface area contributed by atoms with Crippen LogP contribution in [-0.2, 0) is 11.3 Å². The van der Waals surface area contributed by atoms with Crippen molar-refractivity contribution < 1.29 is 9.59 Å². The van der Waals surface area contributed by atoms with Gasteiger partial charge in [-0.25, -0.2) is 0 Å². The summed E-state index contributed by atoms with van der Waals surface area (Å²) in [4.78, 5) is 25.7. The number of aromatic nitrogens is 3. The van der Waals surface area contributed by atoms with Gasteiger partial charge in [0.15, 0.2) is 11.0 Å². The monoisotopic (exact) mass is 617 g/mol. The maximum Gasteiger partial charge on any atom is 0.251 e. The minimum atomic E-state index is -0.355. The topological polar surface area (TPSA) is 88.9 Å². The summed E-state index contributed by atoms with van der Waals surface area (Å²) in [6.07, 6.45) is 1.76. The molecular formula is C27H32IN5O2S. The highest BCUT2D eigenvalue weighted by atomic mass is 127. The third-order valence-electron chi connectivity index (χ3n) is 5.70. The second-order valence-corrected chi connectivity index (χ2v) is 11.2. The van der Waals surface area contributed by atoms with Crippen molar-refractivity contribution in [3.63, 3.8) is 0 Å². The average molecular weight is 618 g/mol. The number of halogens is 1. The molecule has 2 aromatic carbocycles. The molecule has 2 amide bonds. The van der Waals surface area contributed by atoms with E-state index in [1.165, 1.54) is 11.8 Å². The quantitative estimate of drug-likeness (QED) is 0.169. The Morgan fingerprint density at radius 3 is 2.33 bits per heavy atom. The molecule has 0 unspecified atom stereocenters. The van der Waals surface area contributed by atoms with E-state index in [1.54, 1.807) is 6.08 Å². The van der Waals surface area contributed by atoms with Crippen LogP contribution in [0.2, 0.25) is 0 Å². The van der Waals surface area contributed by atoms with Crippen LogP contribution in [0.5, 0.6) is 0 Å². The van der Waals surface area contributed by atoms with Crippen LogP contribution in [0.4, 0.5) is 5.69 Å². The van der Waals surface area contributed by atoms with Crippen molar-refractivity contribution in [1.82, 2.24) is 20.1 Å². The lowest BCUT2D eigenvalue weighted by Crippen LogP contribution is -2.33. The van der Waals surface area contributed by atoms with Crippen molar-refractivity contribution in [2.75, 3.05) is 11.1 Å². The molecule has 0 radical (unpaired) electrons. The second-order valence-electron chi connectivity index (χ2n) is 9.05. The van der Waals surface area contributed by atoms with Crippen molar-refractivity contribution in [3.8, 4) is 0 Å². The lowest BCUT2D eigenvalue weighted by molar-refractivity contribution is -0.113. The van der Waals surface area contributed by atoms with Crippen molar-refractivity contribution in [3.05, 3.63) is 80.7 Å². The van der Waals surface area contributed by atoms with Gasteiger partial charge in [0, 0.05) is 21.4 Å². The number of thioether (sulfide) groups is 1. The SMILES string of the molecule is C=CCn1c(SCC(=O)Nc2c(C)cc(I)cc2C)nnc1[C@@H](NC(=O)c1ccc(C)cc1)C(C)C. The molecule has 0 aliphatic heterocycles. The van der Waals surface area contributed by atoms with Gasteiger partial charge in [-0.3, -0.25) is 9.59 Å². The van der Waals surface area contributed by atoms with Crippen molar-refractivity contribution in [2.24, 2.45) is 5.92 Å². The predicted octanol–water partition coefficient (Wildman–Crippen LogP) is 5.85. The fourth-order valence-electron chi connectivity index (χ4n) is 3.81. The zero-order valence-corrected chi connectivity index (χ0v) is 24.2. The van der Waals surface area contributed by atoms with Crippen LogP contribution in [0.25, 0.3) is 0 Å². The van der Waals surface area contributed by atoms with Gasteiger partial charge in [0.25, 0.3) is 5.91 Å². The standard InChI is InChI=1S/C27H32IN5O2S/c1-7-12-33-25(23(16(2)3)30-26(35)20-10-8-17(4)9-11-20)31-32-27(33)36-15-22(34)29-24-18(5)13-21(28)14-19(24)6/h7-11,13-14,16,23H,1,12,15H2,2-6H3,(H,29,34)(H,30,35)/t23-/m0/s1. The molecule has 0 aliphatic carbocycles. The smallest absolute Gasteiger partial charge is 0.251 e. The lowest BCUT2D eigenvalue weighted by Gasteiger charge is -2.22. The number of carbonyl (C=O) groups excluding carboxylic acids is 2. The molecule has 0 spiro atoms. The fourth-order valence-corrected chi connectivity index (χ4v) is 5.50. The van der Waals surface area contributed by atoms with E-state index in [4.69, 9.17) is 0 Å². The van der Waals surface area contributed by atoms with Gasteiger partial charge in [-0.2, -0.15) is 0 Å². The first-order chi connectivity index (χ1) is 17.1. The number of hydrogen-bond donors (Lipinski definition) is 2. The van der Waals surface area contributed by atoms with Crippen LogP contribution < -0.4 is 10.6 Å². The normalized spacial score (nSPS) is 11.9. The number of benzene rings is 2. The van der Waals surface area contributed by atoms with Gasteiger partial charge in [-0.05, 0) is 84.7 Å². The Morgan fingerprint density at radius 1 is 1.11 bits per heavy atom. The van der Waals surface area contributed by atoms with Gasteiger partial charge in [-0.15, -0.1) is 16.8 Å². The molecule has 7 nitrogen and oxygen atoms in total.